The zero-order valence-corrected chi connectivity index (χ0v) is 21.6. The number of ether oxygens (including phenoxy) is 1. The summed E-state index contributed by atoms with van der Waals surface area (Å²) in [4.78, 5) is 30.3. The third-order valence-corrected chi connectivity index (χ3v) is 7.47. The third-order valence-electron chi connectivity index (χ3n) is 7.47. The van der Waals surface area contributed by atoms with Crippen LogP contribution in [-0.4, -0.2) is 60.6 Å². The van der Waals surface area contributed by atoms with E-state index < -0.39 is 5.54 Å². The number of imide groups is 1. The van der Waals surface area contributed by atoms with Crippen molar-refractivity contribution in [2.75, 3.05) is 33.4 Å². The lowest BCUT2D eigenvalue weighted by Crippen LogP contribution is -2.57. The average molecular weight is 496 g/mol. The highest BCUT2D eigenvalue weighted by Gasteiger charge is 2.55. The Bertz CT molecular complexity index is 1030. The molecule has 2 aliphatic heterocycles. The molecule has 0 bridgehead atoms. The van der Waals surface area contributed by atoms with Crippen LogP contribution < -0.4 is 5.32 Å². The summed E-state index contributed by atoms with van der Waals surface area (Å²) < 4.78 is 18.6. The van der Waals surface area contributed by atoms with Crippen LogP contribution in [0.5, 0.6) is 0 Å². The van der Waals surface area contributed by atoms with Gasteiger partial charge in [-0.25, -0.2) is 9.18 Å². The van der Waals surface area contributed by atoms with Crippen molar-refractivity contribution in [3.63, 3.8) is 0 Å². The van der Waals surface area contributed by atoms with E-state index in [1.807, 2.05) is 0 Å². The highest BCUT2D eigenvalue weighted by Crippen LogP contribution is 2.37. The van der Waals surface area contributed by atoms with E-state index in [1.165, 1.54) is 28.2 Å². The van der Waals surface area contributed by atoms with E-state index in [2.05, 4.69) is 48.3 Å². The number of piperidine rings is 1. The molecule has 7 heteroatoms. The van der Waals surface area contributed by atoms with Gasteiger partial charge in [0.2, 0.25) is 0 Å². The van der Waals surface area contributed by atoms with Gasteiger partial charge in [-0.2, -0.15) is 0 Å². The minimum Gasteiger partial charge on any atom is -0.383 e. The van der Waals surface area contributed by atoms with Crippen LogP contribution in [0.2, 0.25) is 0 Å². The standard InChI is InChI=1S/C29H38FN3O3/c1-21(2)18-22-4-6-24(7-5-22)20-32-14-12-25(13-15-32)29(19-23-8-10-26(30)11-9-23)27(34)33(16-17-36-3)28(35)31-29/h4-11,21,25H,12-20H2,1-3H3,(H,31,35). The van der Waals surface area contributed by atoms with Crippen LogP contribution in [0.1, 0.15) is 43.4 Å². The van der Waals surface area contributed by atoms with Crippen molar-refractivity contribution in [2.45, 2.75) is 51.6 Å². The molecule has 2 saturated heterocycles. The summed E-state index contributed by atoms with van der Waals surface area (Å²) in [5.41, 5.74) is 2.47. The molecule has 2 aliphatic rings. The molecule has 36 heavy (non-hydrogen) atoms. The second kappa shape index (κ2) is 11.5. The lowest BCUT2D eigenvalue weighted by atomic mass is 9.74. The Morgan fingerprint density at radius 1 is 1.00 bits per heavy atom. The number of carbonyl (C=O) groups excluding carboxylic acids is 2. The number of halogens is 1. The van der Waals surface area contributed by atoms with Gasteiger partial charge in [0.25, 0.3) is 5.91 Å². The number of methoxy groups -OCH3 is 1. The Morgan fingerprint density at radius 3 is 2.22 bits per heavy atom. The predicted molar refractivity (Wildman–Crippen MR) is 138 cm³/mol. The fourth-order valence-electron chi connectivity index (χ4n) is 5.59. The van der Waals surface area contributed by atoms with Crippen LogP contribution in [0, 0.1) is 17.7 Å². The summed E-state index contributed by atoms with van der Waals surface area (Å²) in [5.74, 6) is 0.118. The number of nitrogens with one attached hydrogen (secondary N) is 1. The Balaban J connectivity index is 1.46. The van der Waals surface area contributed by atoms with Crippen molar-refractivity contribution >= 4 is 11.9 Å². The van der Waals surface area contributed by atoms with E-state index in [9.17, 15) is 14.0 Å². The molecular weight excluding hydrogens is 457 g/mol. The first-order valence-corrected chi connectivity index (χ1v) is 13.0. The quantitative estimate of drug-likeness (QED) is 0.496. The highest BCUT2D eigenvalue weighted by molar-refractivity contribution is 6.07. The number of benzene rings is 2. The van der Waals surface area contributed by atoms with Gasteiger partial charge in [-0.15, -0.1) is 0 Å². The van der Waals surface area contributed by atoms with Crippen LogP contribution in [0.3, 0.4) is 0 Å². The molecule has 2 heterocycles. The molecule has 6 nitrogen and oxygen atoms in total. The Hall–Kier alpha value is -2.77. The maximum absolute atomic E-state index is 13.7. The summed E-state index contributed by atoms with van der Waals surface area (Å²) >= 11 is 0. The number of urea groups is 1. The molecule has 0 radical (unpaired) electrons. The SMILES string of the molecule is COCCN1C(=O)NC(Cc2ccc(F)cc2)(C2CCN(Cc3ccc(CC(C)C)cc3)CC2)C1=O. The fourth-order valence-corrected chi connectivity index (χ4v) is 5.59. The van der Waals surface area contributed by atoms with Gasteiger partial charge in [0.1, 0.15) is 11.4 Å². The molecule has 1 atom stereocenters. The second-order valence-corrected chi connectivity index (χ2v) is 10.6. The van der Waals surface area contributed by atoms with E-state index in [0.717, 1.165) is 44.5 Å². The number of likely N-dealkylation sites (tertiary alicyclic amines) is 1. The zero-order chi connectivity index (χ0) is 25.7. The average Bonchev–Trinajstić information content (AvgIpc) is 3.10. The van der Waals surface area contributed by atoms with Gasteiger partial charge in [-0.1, -0.05) is 50.2 Å². The van der Waals surface area contributed by atoms with Crippen molar-refractivity contribution in [2.24, 2.45) is 11.8 Å². The fraction of sp³-hybridized carbons (Fsp3) is 0.517. The van der Waals surface area contributed by atoms with Gasteiger partial charge in [0.05, 0.1) is 13.2 Å². The minimum absolute atomic E-state index is 0.00350. The molecule has 2 fully saturated rings. The van der Waals surface area contributed by atoms with Gasteiger partial charge >= 0.3 is 6.03 Å². The molecule has 3 amide bonds. The lowest BCUT2D eigenvalue weighted by molar-refractivity contribution is -0.134. The summed E-state index contributed by atoms with van der Waals surface area (Å²) in [7, 11) is 1.55. The molecular formula is C29H38FN3O3. The summed E-state index contributed by atoms with van der Waals surface area (Å²) in [6, 6.07) is 14.7. The molecule has 0 aliphatic carbocycles. The zero-order valence-electron chi connectivity index (χ0n) is 21.6. The monoisotopic (exact) mass is 495 g/mol. The molecule has 1 N–H and O–H groups in total. The highest BCUT2D eigenvalue weighted by atomic mass is 19.1. The van der Waals surface area contributed by atoms with Crippen molar-refractivity contribution < 1.29 is 18.7 Å². The molecule has 2 aromatic carbocycles. The first-order chi connectivity index (χ1) is 17.3. The van der Waals surface area contributed by atoms with E-state index in [-0.39, 0.29) is 30.2 Å². The van der Waals surface area contributed by atoms with E-state index in [1.54, 1.807) is 19.2 Å². The van der Waals surface area contributed by atoms with Crippen molar-refractivity contribution in [3.8, 4) is 0 Å². The molecule has 0 spiro atoms. The third kappa shape index (κ3) is 5.95. The molecule has 4 rings (SSSR count). The topological polar surface area (TPSA) is 61.9 Å². The van der Waals surface area contributed by atoms with Gasteiger partial charge in [0, 0.05) is 20.1 Å². The van der Waals surface area contributed by atoms with Crippen molar-refractivity contribution in [1.29, 1.82) is 0 Å². The number of nitrogens with zero attached hydrogens (tertiary/aromatic N) is 2. The van der Waals surface area contributed by atoms with Gasteiger partial charge in [-0.05, 0) is 73.0 Å². The van der Waals surface area contributed by atoms with Crippen LogP contribution in [-0.2, 0) is 28.9 Å². The van der Waals surface area contributed by atoms with Crippen molar-refractivity contribution in [1.82, 2.24) is 15.1 Å². The first-order valence-electron chi connectivity index (χ1n) is 13.0. The molecule has 2 aromatic rings. The smallest absolute Gasteiger partial charge is 0.325 e. The largest absolute Gasteiger partial charge is 0.383 e. The lowest BCUT2D eigenvalue weighted by Gasteiger charge is -2.41. The number of hydrogen-bond donors (Lipinski definition) is 1. The Kier molecular flexibility index (Phi) is 8.42. The van der Waals surface area contributed by atoms with Crippen LogP contribution in [0.15, 0.2) is 48.5 Å². The number of amides is 3. The van der Waals surface area contributed by atoms with Crippen LogP contribution in [0.4, 0.5) is 9.18 Å². The van der Waals surface area contributed by atoms with Crippen molar-refractivity contribution in [3.05, 3.63) is 71.0 Å². The second-order valence-electron chi connectivity index (χ2n) is 10.6. The predicted octanol–water partition coefficient (Wildman–Crippen LogP) is 4.42. The number of carbonyl (C=O) groups is 2. The number of hydrogen-bond acceptors (Lipinski definition) is 4. The summed E-state index contributed by atoms with van der Waals surface area (Å²) in [5, 5.41) is 3.06. The maximum Gasteiger partial charge on any atom is 0.325 e. The van der Waals surface area contributed by atoms with Gasteiger partial charge in [-0.3, -0.25) is 14.6 Å². The summed E-state index contributed by atoms with van der Waals surface area (Å²) in [6.45, 7) is 7.55. The summed E-state index contributed by atoms with van der Waals surface area (Å²) in [6.07, 6.45) is 3.04. The molecule has 1 unspecified atom stereocenters. The van der Waals surface area contributed by atoms with Crippen LogP contribution >= 0.6 is 0 Å². The maximum atomic E-state index is 13.7. The molecule has 0 saturated carbocycles. The molecule has 0 aromatic heterocycles. The van der Waals surface area contributed by atoms with Crippen LogP contribution in [0.25, 0.3) is 0 Å². The first kappa shape index (κ1) is 26.3. The molecule has 194 valence electrons. The minimum atomic E-state index is -1.02. The number of rotatable bonds is 10. The van der Waals surface area contributed by atoms with Gasteiger partial charge < -0.3 is 10.1 Å². The van der Waals surface area contributed by atoms with E-state index in [0.29, 0.717) is 18.9 Å². The van der Waals surface area contributed by atoms with E-state index in [4.69, 9.17) is 4.74 Å². The Morgan fingerprint density at radius 2 is 1.61 bits per heavy atom. The van der Waals surface area contributed by atoms with Gasteiger partial charge in [0.15, 0.2) is 0 Å². The normalized spacial score (nSPS) is 21.4. The Labute approximate surface area is 213 Å². The van der Waals surface area contributed by atoms with E-state index >= 15 is 0 Å².